The Bertz CT molecular complexity index is 465. The van der Waals surface area contributed by atoms with Crippen molar-refractivity contribution in [3.05, 3.63) is 47.4 Å². The molecular weight excluding hydrogens is 234 g/mol. The summed E-state index contributed by atoms with van der Waals surface area (Å²) in [6.45, 7) is 0. The van der Waals surface area contributed by atoms with E-state index in [4.69, 9.17) is 26.4 Å². The van der Waals surface area contributed by atoms with E-state index in [0.717, 1.165) is 5.70 Å². The average Bonchev–Trinajstić information content (AvgIpc) is 2.81. The second-order valence-corrected chi connectivity index (χ2v) is 4.16. The Hall–Kier alpha value is -1.60. The van der Waals surface area contributed by atoms with Gasteiger partial charge >= 0.3 is 0 Å². The molecule has 0 aliphatic heterocycles. The highest BCUT2D eigenvalue weighted by atomic mass is 16.5. The van der Waals surface area contributed by atoms with E-state index in [-0.39, 0.29) is 11.8 Å². The lowest BCUT2D eigenvalue weighted by Crippen LogP contribution is -2.22. The van der Waals surface area contributed by atoms with Crippen LogP contribution in [-0.2, 0) is 4.74 Å². The van der Waals surface area contributed by atoms with Crippen molar-refractivity contribution < 1.29 is 14.9 Å². The fourth-order valence-electron chi connectivity index (χ4n) is 1.73. The van der Waals surface area contributed by atoms with Crippen molar-refractivity contribution in [1.82, 2.24) is 4.98 Å². The van der Waals surface area contributed by atoms with Crippen LogP contribution in [0.5, 0.6) is 0 Å². The number of aromatic nitrogens is 1. The van der Waals surface area contributed by atoms with Crippen molar-refractivity contribution in [2.45, 2.75) is 25.0 Å². The number of rotatable bonds is 4. The van der Waals surface area contributed by atoms with Gasteiger partial charge in [-0.25, -0.2) is 0 Å². The molecule has 98 valence electrons. The van der Waals surface area contributed by atoms with Crippen molar-refractivity contribution in [2.24, 2.45) is 11.5 Å². The standard InChI is InChI=1S/C12H17N3O3/c13-8-1-3-9(4-2-8)18-11(14)7-5-10(12(16)17)15-6-7/h1-3,5-6,9,11-12,15-17H,4,13-14H2. The lowest BCUT2D eigenvalue weighted by molar-refractivity contribution is -0.0455. The molecule has 0 fully saturated rings. The first-order chi connectivity index (χ1) is 8.56. The molecule has 0 spiro atoms. The molecule has 1 aliphatic carbocycles. The third-order valence-electron chi connectivity index (χ3n) is 2.74. The van der Waals surface area contributed by atoms with Gasteiger partial charge in [-0.3, -0.25) is 0 Å². The van der Waals surface area contributed by atoms with Crippen molar-refractivity contribution in [1.29, 1.82) is 0 Å². The molecule has 0 bridgehead atoms. The fraction of sp³-hybridized carbons (Fsp3) is 0.333. The predicted octanol–water partition coefficient (Wildman–Crippen LogP) is 0.143. The second kappa shape index (κ2) is 5.36. The molecule has 1 aromatic heterocycles. The number of nitrogens with two attached hydrogens (primary N) is 2. The summed E-state index contributed by atoms with van der Waals surface area (Å²) in [5.74, 6) is 0. The second-order valence-electron chi connectivity index (χ2n) is 4.16. The summed E-state index contributed by atoms with van der Waals surface area (Å²) in [5.41, 5.74) is 13.1. The van der Waals surface area contributed by atoms with Crippen LogP contribution in [0.1, 0.15) is 30.2 Å². The highest BCUT2D eigenvalue weighted by molar-refractivity contribution is 5.22. The minimum absolute atomic E-state index is 0.121. The lowest BCUT2D eigenvalue weighted by Gasteiger charge is -2.20. The molecule has 0 amide bonds. The first kappa shape index (κ1) is 12.8. The smallest absolute Gasteiger partial charge is 0.193 e. The summed E-state index contributed by atoms with van der Waals surface area (Å²) in [4.78, 5) is 2.72. The molecule has 7 N–H and O–H groups in total. The topological polar surface area (TPSA) is 118 Å². The van der Waals surface area contributed by atoms with Crippen LogP contribution in [-0.4, -0.2) is 21.3 Å². The molecule has 18 heavy (non-hydrogen) atoms. The number of aliphatic hydroxyl groups excluding tert-OH is 1. The SMILES string of the molecule is NC1=CCC(OC(N)c2c[nH]c(C(O)O)c2)C=C1. The Morgan fingerprint density at radius 3 is 2.78 bits per heavy atom. The third-order valence-corrected chi connectivity index (χ3v) is 2.74. The van der Waals surface area contributed by atoms with Gasteiger partial charge in [-0.2, -0.15) is 0 Å². The van der Waals surface area contributed by atoms with Crippen molar-refractivity contribution >= 4 is 0 Å². The fourth-order valence-corrected chi connectivity index (χ4v) is 1.73. The van der Waals surface area contributed by atoms with E-state index in [1.165, 1.54) is 0 Å². The van der Waals surface area contributed by atoms with Gasteiger partial charge in [0.15, 0.2) is 6.29 Å². The maximum Gasteiger partial charge on any atom is 0.193 e. The van der Waals surface area contributed by atoms with Gasteiger partial charge in [0.05, 0.1) is 11.8 Å². The number of allylic oxidation sites excluding steroid dienone is 1. The minimum atomic E-state index is -1.54. The van der Waals surface area contributed by atoms with E-state index in [1.807, 2.05) is 12.2 Å². The van der Waals surface area contributed by atoms with Crippen LogP contribution in [0.2, 0.25) is 0 Å². The maximum absolute atomic E-state index is 8.98. The van der Waals surface area contributed by atoms with Crippen LogP contribution in [0.3, 0.4) is 0 Å². The van der Waals surface area contributed by atoms with Gasteiger partial charge in [-0.1, -0.05) is 12.2 Å². The molecule has 0 aromatic carbocycles. The first-order valence-electron chi connectivity index (χ1n) is 5.65. The quantitative estimate of drug-likeness (QED) is 0.488. The number of aliphatic hydroxyl groups is 2. The monoisotopic (exact) mass is 251 g/mol. The van der Waals surface area contributed by atoms with Gasteiger partial charge in [0.2, 0.25) is 0 Å². The van der Waals surface area contributed by atoms with E-state index in [0.29, 0.717) is 12.0 Å². The number of hydrogen-bond donors (Lipinski definition) is 5. The van der Waals surface area contributed by atoms with Gasteiger partial charge in [-0.15, -0.1) is 0 Å². The van der Waals surface area contributed by atoms with E-state index in [9.17, 15) is 0 Å². The van der Waals surface area contributed by atoms with Crippen LogP contribution in [0.15, 0.2) is 36.2 Å². The summed E-state index contributed by atoms with van der Waals surface area (Å²) in [5, 5.41) is 18.0. The van der Waals surface area contributed by atoms with Crippen LogP contribution < -0.4 is 11.5 Å². The zero-order valence-corrected chi connectivity index (χ0v) is 9.78. The zero-order chi connectivity index (χ0) is 13.1. The summed E-state index contributed by atoms with van der Waals surface area (Å²) in [6.07, 6.45) is 5.48. The van der Waals surface area contributed by atoms with Gasteiger partial charge in [0, 0.05) is 17.5 Å². The number of ether oxygens (including phenoxy) is 1. The first-order valence-corrected chi connectivity index (χ1v) is 5.65. The zero-order valence-electron chi connectivity index (χ0n) is 9.78. The Kier molecular flexibility index (Phi) is 3.83. The summed E-state index contributed by atoms with van der Waals surface area (Å²) in [7, 11) is 0. The average molecular weight is 251 g/mol. The number of hydrogen-bond acceptors (Lipinski definition) is 5. The number of nitrogens with one attached hydrogen (secondary N) is 1. The van der Waals surface area contributed by atoms with Crippen LogP contribution in [0, 0.1) is 0 Å². The van der Waals surface area contributed by atoms with Crippen LogP contribution in [0.4, 0.5) is 0 Å². The summed E-state index contributed by atoms with van der Waals surface area (Å²) in [6, 6.07) is 1.56. The molecule has 6 nitrogen and oxygen atoms in total. The van der Waals surface area contributed by atoms with E-state index in [1.54, 1.807) is 18.3 Å². The molecular formula is C12H17N3O3. The molecule has 1 aromatic rings. The Morgan fingerprint density at radius 2 is 2.22 bits per heavy atom. The third kappa shape index (κ3) is 2.99. The molecule has 2 unspecified atom stereocenters. The van der Waals surface area contributed by atoms with Crippen molar-refractivity contribution in [3.63, 3.8) is 0 Å². The molecule has 0 saturated heterocycles. The molecule has 0 saturated carbocycles. The summed E-state index contributed by atoms with van der Waals surface area (Å²) < 4.78 is 5.63. The molecule has 1 aliphatic rings. The largest absolute Gasteiger partial charge is 0.399 e. The van der Waals surface area contributed by atoms with Crippen LogP contribution in [0.25, 0.3) is 0 Å². The van der Waals surface area contributed by atoms with Gasteiger partial charge < -0.3 is 31.4 Å². The predicted molar refractivity (Wildman–Crippen MR) is 65.8 cm³/mol. The van der Waals surface area contributed by atoms with Crippen LogP contribution >= 0.6 is 0 Å². The Balaban J connectivity index is 1.95. The highest BCUT2D eigenvalue weighted by Gasteiger charge is 2.16. The van der Waals surface area contributed by atoms with E-state index in [2.05, 4.69) is 4.98 Å². The van der Waals surface area contributed by atoms with E-state index < -0.39 is 12.5 Å². The van der Waals surface area contributed by atoms with Crippen molar-refractivity contribution in [2.75, 3.05) is 0 Å². The highest BCUT2D eigenvalue weighted by Crippen LogP contribution is 2.20. The number of H-pyrrole nitrogens is 1. The number of aromatic amines is 1. The maximum atomic E-state index is 8.98. The Labute approximate surface area is 105 Å². The van der Waals surface area contributed by atoms with Crippen molar-refractivity contribution in [3.8, 4) is 0 Å². The van der Waals surface area contributed by atoms with E-state index >= 15 is 0 Å². The normalized spacial score (nSPS) is 21.1. The molecule has 1 heterocycles. The summed E-state index contributed by atoms with van der Waals surface area (Å²) >= 11 is 0. The Morgan fingerprint density at radius 1 is 1.44 bits per heavy atom. The molecule has 6 heteroatoms. The van der Waals surface area contributed by atoms with Gasteiger partial charge in [0.25, 0.3) is 0 Å². The lowest BCUT2D eigenvalue weighted by atomic mass is 10.1. The van der Waals surface area contributed by atoms with Gasteiger partial charge in [-0.05, 0) is 18.6 Å². The molecule has 2 rings (SSSR count). The van der Waals surface area contributed by atoms with Gasteiger partial charge in [0.1, 0.15) is 6.23 Å². The minimum Gasteiger partial charge on any atom is -0.399 e. The molecule has 0 radical (unpaired) electrons. The molecule has 2 atom stereocenters.